The van der Waals surface area contributed by atoms with Crippen molar-refractivity contribution in [3.8, 4) is 0 Å². The Bertz CT molecular complexity index is 543. The Hall–Kier alpha value is -1.09. The molecule has 1 heterocycles. The molecule has 0 aliphatic rings. The number of hydrogen-bond acceptors (Lipinski definition) is 2. The molecule has 0 fully saturated rings. The molecule has 4 heteroatoms. The van der Waals surface area contributed by atoms with Gasteiger partial charge < -0.3 is 5.32 Å². The van der Waals surface area contributed by atoms with Crippen molar-refractivity contribution < 1.29 is 0 Å². The molecule has 0 aliphatic carbocycles. The summed E-state index contributed by atoms with van der Waals surface area (Å²) >= 11 is 12.2. The van der Waals surface area contributed by atoms with Crippen molar-refractivity contribution in [1.82, 2.24) is 10.3 Å². The molecular formula is C16H18Cl2N2. The van der Waals surface area contributed by atoms with Crippen molar-refractivity contribution in [1.29, 1.82) is 0 Å². The molecule has 2 rings (SSSR count). The van der Waals surface area contributed by atoms with Gasteiger partial charge in [-0.3, -0.25) is 4.98 Å². The van der Waals surface area contributed by atoms with Crippen molar-refractivity contribution in [2.75, 3.05) is 6.54 Å². The quantitative estimate of drug-likeness (QED) is 0.838. The highest BCUT2D eigenvalue weighted by molar-refractivity contribution is 6.35. The summed E-state index contributed by atoms with van der Waals surface area (Å²) < 4.78 is 0. The van der Waals surface area contributed by atoms with Gasteiger partial charge in [0.25, 0.3) is 0 Å². The predicted molar refractivity (Wildman–Crippen MR) is 85.4 cm³/mol. The van der Waals surface area contributed by atoms with Gasteiger partial charge in [-0.05, 0) is 48.7 Å². The van der Waals surface area contributed by atoms with Crippen LogP contribution in [0.5, 0.6) is 0 Å². The van der Waals surface area contributed by atoms with Gasteiger partial charge in [-0.1, -0.05) is 42.3 Å². The minimum Gasteiger partial charge on any atom is -0.310 e. The summed E-state index contributed by atoms with van der Waals surface area (Å²) in [6.07, 6.45) is 5.60. The fourth-order valence-corrected chi connectivity index (χ4v) is 2.60. The number of benzene rings is 1. The Morgan fingerprint density at radius 2 is 2.10 bits per heavy atom. The zero-order valence-electron chi connectivity index (χ0n) is 11.4. The van der Waals surface area contributed by atoms with E-state index < -0.39 is 0 Å². The number of nitrogens with one attached hydrogen (secondary N) is 1. The summed E-state index contributed by atoms with van der Waals surface area (Å²) in [4.78, 5) is 4.20. The van der Waals surface area contributed by atoms with Crippen LogP contribution < -0.4 is 5.32 Å². The molecule has 0 saturated carbocycles. The molecule has 20 heavy (non-hydrogen) atoms. The third-order valence-corrected chi connectivity index (χ3v) is 3.75. The van der Waals surface area contributed by atoms with E-state index in [-0.39, 0.29) is 6.04 Å². The molecule has 0 bridgehead atoms. The predicted octanol–water partition coefficient (Wildman–Crippen LogP) is 4.67. The van der Waals surface area contributed by atoms with E-state index in [1.165, 1.54) is 5.56 Å². The Balaban J connectivity index is 2.19. The molecular weight excluding hydrogens is 291 g/mol. The first-order valence-electron chi connectivity index (χ1n) is 6.78. The lowest BCUT2D eigenvalue weighted by atomic mass is 10.00. The van der Waals surface area contributed by atoms with Crippen molar-refractivity contribution in [2.24, 2.45) is 0 Å². The number of aromatic nitrogens is 1. The Kier molecular flexibility index (Phi) is 5.84. The van der Waals surface area contributed by atoms with Crippen LogP contribution >= 0.6 is 23.2 Å². The molecule has 1 atom stereocenters. The maximum Gasteiger partial charge on any atom is 0.0453 e. The van der Waals surface area contributed by atoms with E-state index in [2.05, 4.69) is 23.3 Å². The fraction of sp³-hybridized carbons (Fsp3) is 0.312. The second kappa shape index (κ2) is 7.63. The van der Waals surface area contributed by atoms with E-state index in [1.54, 1.807) is 12.3 Å². The summed E-state index contributed by atoms with van der Waals surface area (Å²) in [5.74, 6) is 0. The van der Waals surface area contributed by atoms with Crippen molar-refractivity contribution in [3.63, 3.8) is 0 Å². The molecule has 106 valence electrons. The van der Waals surface area contributed by atoms with Crippen molar-refractivity contribution >= 4 is 23.2 Å². The topological polar surface area (TPSA) is 24.9 Å². The molecule has 0 aliphatic heterocycles. The van der Waals surface area contributed by atoms with E-state index in [0.29, 0.717) is 10.0 Å². The first kappa shape index (κ1) is 15.3. The highest BCUT2D eigenvalue weighted by Crippen LogP contribution is 2.26. The average Bonchev–Trinajstić information content (AvgIpc) is 2.46. The molecule has 1 N–H and O–H groups in total. The van der Waals surface area contributed by atoms with Crippen LogP contribution in [0.15, 0.2) is 42.7 Å². The van der Waals surface area contributed by atoms with Crippen LogP contribution in [0.2, 0.25) is 10.0 Å². The summed E-state index contributed by atoms with van der Waals surface area (Å²) in [5, 5.41) is 4.92. The molecule has 1 aromatic carbocycles. The van der Waals surface area contributed by atoms with Crippen molar-refractivity contribution in [2.45, 2.75) is 25.8 Å². The van der Waals surface area contributed by atoms with E-state index in [1.807, 2.05) is 24.4 Å². The molecule has 1 aromatic heterocycles. The fourth-order valence-electron chi connectivity index (χ4n) is 2.12. The minimum absolute atomic E-state index is 0.210. The molecule has 1 unspecified atom stereocenters. The average molecular weight is 309 g/mol. The minimum atomic E-state index is 0.210. The zero-order chi connectivity index (χ0) is 14.4. The van der Waals surface area contributed by atoms with Crippen LogP contribution in [0.1, 0.15) is 30.5 Å². The highest BCUT2D eigenvalue weighted by Gasteiger charge is 2.13. The Labute approximate surface area is 130 Å². The second-order valence-corrected chi connectivity index (χ2v) is 5.58. The zero-order valence-corrected chi connectivity index (χ0v) is 13.0. The summed E-state index contributed by atoms with van der Waals surface area (Å²) in [7, 11) is 0. The lowest BCUT2D eigenvalue weighted by molar-refractivity contribution is 0.528. The number of halogens is 2. The van der Waals surface area contributed by atoms with E-state index >= 15 is 0 Å². The summed E-state index contributed by atoms with van der Waals surface area (Å²) in [6.45, 7) is 3.12. The smallest absolute Gasteiger partial charge is 0.0453 e. The first-order valence-corrected chi connectivity index (χ1v) is 7.53. The highest BCUT2D eigenvalue weighted by atomic mass is 35.5. The monoisotopic (exact) mass is 308 g/mol. The van der Waals surface area contributed by atoms with Gasteiger partial charge in [0.2, 0.25) is 0 Å². The lowest BCUT2D eigenvalue weighted by Gasteiger charge is -2.19. The number of rotatable bonds is 6. The normalized spacial score (nSPS) is 12.3. The van der Waals surface area contributed by atoms with E-state index in [0.717, 1.165) is 24.9 Å². The van der Waals surface area contributed by atoms with Crippen LogP contribution in [0.3, 0.4) is 0 Å². The lowest BCUT2D eigenvalue weighted by Crippen LogP contribution is -2.24. The van der Waals surface area contributed by atoms with Crippen LogP contribution in [-0.2, 0) is 6.42 Å². The third-order valence-electron chi connectivity index (χ3n) is 3.17. The van der Waals surface area contributed by atoms with Gasteiger partial charge in [-0.2, -0.15) is 0 Å². The third kappa shape index (κ3) is 4.20. The molecule has 0 radical (unpaired) electrons. The number of hydrogen-bond donors (Lipinski definition) is 1. The standard InChI is InChI=1S/C16H18Cl2N2/c1-2-7-20-16(13-4-3-8-19-11-13)9-12-5-6-14(17)10-15(12)18/h3-6,8,10-11,16,20H,2,7,9H2,1H3. The van der Waals surface area contributed by atoms with Crippen LogP contribution in [0.25, 0.3) is 0 Å². The van der Waals surface area contributed by atoms with Crippen LogP contribution in [-0.4, -0.2) is 11.5 Å². The van der Waals surface area contributed by atoms with Gasteiger partial charge in [0.15, 0.2) is 0 Å². The molecule has 0 amide bonds. The summed E-state index contributed by atoms with van der Waals surface area (Å²) in [5.41, 5.74) is 2.26. The molecule has 2 nitrogen and oxygen atoms in total. The number of pyridine rings is 1. The molecule has 0 saturated heterocycles. The van der Waals surface area contributed by atoms with Gasteiger partial charge in [-0.15, -0.1) is 0 Å². The molecule has 2 aromatic rings. The van der Waals surface area contributed by atoms with E-state index in [4.69, 9.17) is 23.2 Å². The second-order valence-electron chi connectivity index (χ2n) is 4.73. The Morgan fingerprint density at radius 1 is 1.25 bits per heavy atom. The SMILES string of the molecule is CCCNC(Cc1ccc(Cl)cc1Cl)c1cccnc1. The van der Waals surface area contributed by atoms with Gasteiger partial charge >= 0.3 is 0 Å². The van der Waals surface area contributed by atoms with Gasteiger partial charge in [0.1, 0.15) is 0 Å². The van der Waals surface area contributed by atoms with Crippen LogP contribution in [0, 0.1) is 0 Å². The Morgan fingerprint density at radius 3 is 2.75 bits per heavy atom. The van der Waals surface area contributed by atoms with Gasteiger partial charge in [-0.25, -0.2) is 0 Å². The van der Waals surface area contributed by atoms with E-state index in [9.17, 15) is 0 Å². The van der Waals surface area contributed by atoms with Crippen molar-refractivity contribution in [3.05, 3.63) is 63.9 Å². The van der Waals surface area contributed by atoms with Gasteiger partial charge in [0.05, 0.1) is 0 Å². The molecule has 0 spiro atoms. The largest absolute Gasteiger partial charge is 0.310 e. The maximum absolute atomic E-state index is 6.27. The first-order chi connectivity index (χ1) is 9.70. The summed E-state index contributed by atoms with van der Waals surface area (Å²) in [6, 6.07) is 9.91. The maximum atomic E-state index is 6.27. The number of nitrogens with zero attached hydrogens (tertiary/aromatic N) is 1. The van der Waals surface area contributed by atoms with Crippen LogP contribution in [0.4, 0.5) is 0 Å². The van der Waals surface area contributed by atoms with Gasteiger partial charge in [0, 0.05) is 28.5 Å².